The Bertz CT molecular complexity index is 840. The zero-order valence-electron chi connectivity index (χ0n) is 13.2. The Labute approximate surface area is 137 Å². The minimum atomic E-state index is -0.502. The molecule has 24 heavy (non-hydrogen) atoms. The summed E-state index contributed by atoms with van der Waals surface area (Å²) in [5.74, 6) is -0.403. The Hall–Kier alpha value is -2.67. The summed E-state index contributed by atoms with van der Waals surface area (Å²) < 4.78 is 12.4. The lowest BCUT2D eigenvalue weighted by Crippen LogP contribution is -2.33. The summed E-state index contributed by atoms with van der Waals surface area (Å²) in [5, 5.41) is 0. The van der Waals surface area contributed by atoms with Crippen molar-refractivity contribution < 1.29 is 14.3 Å². The number of H-pyrrole nitrogens is 1. The average Bonchev–Trinajstić information content (AvgIpc) is 3.05. The van der Waals surface area contributed by atoms with Gasteiger partial charge >= 0.3 is 11.7 Å². The molecule has 1 aliphatic heterocycles. The molecule has 0 aliphatic carbocycles. The number of ether oxygens (including phenoxy) is 2. The van der Waals surface area contributed by atoms with Gasteiger partial charge in [-0.05, 0) is 31.9 Å². The molecule has 2 heterocycles. The van der Waals surface area contributed by atoms with Crippen molar-refractivity contribution in [3.8, 4) is 0 Å². The molecule has 2 atom stereocenters. The van der Waals surface area contributed by atoms with Crippen LogP contribution in [0.15, 0.2) is 46.1 Å². The molecular formula is C17H18N2O5. The van der Waals surface area contributed by atoms with Crippen molar-refractivity contribution in [3.05, 3.63) is 68.5 Å². The Morgan fingerprint density at radius 1 is 1.29 bits per heavy atom. The van der Waals surface area contributed by atoms with E-state index in [1.54, 1.807) is 31.2 Å². The molecule has 1 aromatic carbocycles. The minimum absolute atomic E-state index is 0.126. The summed E-state index contributed by atoms with van der Waals surface area (Å²) in [6.45, 7) is 1.75. The lowest BCUT2D eigenvalue weighted by atomic mass is 10.2. The predicted octanol–water partition coefficient (Wildman–Crippen LogP) is 1.38. The third-order valence-corrected chi connectivity index (χ3v) is 3.95. The second-order valence-electron chi connectivity index (χ2n) is 5.73. The molecule has 1 fully saturated rings. The molecule has 0 bridgehead atoms. The van der Waals surface area contributed by atoms with Crippen molar-refractivity contribution in [2.45, 2.75) is 32.1 Å². The van der Waals surface area contributed by atoms with E-state index in [0.29, 0.717) is 24.0 Å². The number of benzene rings is 1. The van der Waals surface area contributed by atoms with Gasteiger partial charge in [-0.15, -0.1) is 0 Å². The Kier molecular flexibility index (Phi) is 4.61. The van der Waals surface area contributed by atoms with Crippen LogP contribution in [0.5, 0.6) is 0 Å². The molecule has 3 rings (SSSR count). The SMILES string of the molecule is Cc1cn([C@H]2CC[C@@H](COC(=O)c3ccccc3)O2)c(=O)[nH]c1=O. The lowest BCUT2D eigenvalue weighted by Gasteiger charge is -2.16. The van der Waals surface area contributed by atoms with Gasteiger partial charge in [-0.1, -0.05) is 18.2 Å². The van der Waals surface area contributed by atoms with Crippen LogP contribution < -0.4 is 11.2 Å². The lowest BCUT2D eigenvalue weighted by molar-refractivity contribution is -0.0340. The molecule has 1 aromatic heterocycles. The monoisotopic (exact) mass is 330 g/mol. The van der Waals surface area contributed by atoms with E-state index in [-0.39, 0.29) is 12.7 Å². The van der Waals surface area contributed by atoms with Gasteiger partial charge in [-0.25, -0.2) is 9.59 Å². The molecule has 126 valence electrons. The van der Waals surface area contributed by atoms with Gasteiger partial charge < -0.3 is 9.47 Å². The van der Waals surface area contributed by atoms with E-state index in [9.17, 15) is 14.4 Å². The number of esters is 1. The van der Waals surface area contributed by atoms with Crippen molar-refractivity contribution in [2.24, 2.45) is 0 Å². The van der Waals surface area contributed by atoms with E-state index < -0.39 is 23.4 Å². The third-order valence-electron chi connectivity index (χ3n) is 3.95. The molecular weight excluding hydrogens is 312 g/mol. The zero-order chi connectivity index (χ0) is 17.1. The number of carbonyl (C=O) groups is 1. The number of hydrogen-bond acceptors (Lipinski definition) is 5. The quantitative estimate of drug-likeness (QED) is 0.855. The molecule has 0 spiro atoms. The molecule has 0 unspecified atom stereocenters. The van der Waals surface area contributed by atoms with Crippen LogP contribution in [0.4, 0.5) is 0 Å². The number of aromatic amines is 1. The van der Waals surface area contributed by atoms with Crippen LogP contribution >= 0.6 is 0 Å². The first-order valence-electron chi connectivity index (χ1n) is 7.74. The molecule has 0 saturated carbocycles. The molecule has 2 aromatic rings. The highest BCUT2D eigenvalue weighted by atomic mass is 16.6. The molecule has 0 radical (unpaired) electrons. The third kappa shape index (κ3) is 3.46. The van der Waals surface area contributed by atoms with Crippen molar-refractivity contribution in [2.75, 3.05) is 6.61 Å². The van der Waals surface area contributed by atoms with E-state index in [0.717, 1.165) is 0 Å². The number of nitrogens with zero attached hydrogens (tertiary/aromatic N) is 1. The normalized spacial score (nSPS) is 20.0. The number of rotatable bonds is 4. The Morgan fingerprint density at radius 2 is 2.04 bits per heavy atom. The van der Waals surface area contributed by atoms with E-state index in [1.165, 1.54) is 10.8 Å². The van der Waals surface area contributed by atoms with Crippen LogP contribution in [0.1, 0.15) is 35.0 Å². The molecule has 1 saturated heterocycles. The van der Waals surface area contributed by atoms with Crippen LogP contribution in [0, 0.1) is 6.92 Å². The van der Waals surface area contributed by atoms with Gasteiger partial charge in [0.25, 0.3) is 5.56 Å². The van der Waals surface area contributed by atoms with E-state index in [2.05, 4.69) is 4.98 Å². The second kappa shape index (κ2) is 6.84. The number of hydrogen-bond donors (Lipinski definition) is 1. The first-order chi connectivity index (χ1) is 11.5. The van der Waals surface area contributed by atoms with Gasteiger partial charge in [0.05, 0.1) is 11.7 Å². The number of aromatic nitrogens is 2. The first-order valence-corrected chi connectivity index (χ1v) is 7.74. The average molecular weight is 330 g/mol. The van der Waals surface area contributed by atoms with Gasteiger partial charge in [-0.2, -0.15) is 0 Å². The zero-order valence-corrected chi connectivity index (χ0v) is 13.2. The highest BCUT2D eigenvalue weighted by Crippen LogP contribution is 2.27. The molecule has 1 N–H and O–H groups in total. The van der Waals surface area contributed by atoms with E-state index in [4.69, 9.17) is 9.47 Å². The fraction of sp³-hybridized carbons (Fsp3) is 0.353. The second-order valence-corrected chi connectivity index (χ2v) is 5.73. The van der Waals surface area contributed by atoms with Crippen LogP contribution in [0.2, 0.25) is 0 Å². The molecule has 1 aliphatic rings. The highest BCUT2D eigenvalue weighted by Gasteiger charge is 2.28. The van der Waals surface area contributed by atoms with Gasteiger partial charge in [0, 0.05) is 11.8 Å². The van der Waals surface area contributed by atoms with E-state index in [1.807, 2.05) is 6.07 Å². The van der Waals surface area contributed by atoms with Crippen molar-refractivity contribution >= 4 is 5.97 Å². The predicted molar refractivity (Wildman–Crippen MR) is 85.9 cm³/mol. The topological polar surface area (TPSA) is 90.4 Å². The maximum Gasteiger partial charge on any atom is 0.338 e. The summed E-state index contributed by atoms with van der Waals surface area (Å²) in [6, 6.07) is 8.73. The highest BCUT2D eigenvalue weighted by molar-refractivity contribution is 5.89. The van der Waals surface area contributed by atoms with Crippen molar-refractivity contribution in [1.29, 1.82) is 0 Å². The van der Waals surface area contributed by atoms with Crippen LogP contribution in [0.25, 0.3) is 0 Å². The van der Waals surface area contributed by atoms with Gasteiger partial charge in [0.1, 0.15) is 12.8 Å². The number of carbonyl (C=O) groups excluding carboxylic acids is 1. The molecule has 7 nitrogen and oxygen atoms in total. The summed E-state index contributed by atoms with van der Waals surface area (Å²) in [6.07, 6.45) is 2.02. The molecule has 7 heteroatoms. The summed E-state index contributed by atoms with van der Waals surface area (Å²) >= 11 is 0. The Balaban J connectivity index is 1.60. The van der Waals surface area contributed by atoms with Crippen LogP contribution in [0.3, 0.4) is 0 Å². The largest absolute Gasteiger partial charge is 0.459 e. The maximum absolute atomic E-state index is 11.9. The number of nitrogens with one attached hydrogen (secondary N) is 1. The summed E-state index contributed by atoms with van der Waals surface area (Å²) in [5.41, 5.74) is 0.0248. The van der Waals surface area contributed by atoms with Gasteiger partial charge in [0.2, 0.25) is 0 Å². The minimum Gasteiger partial charge on any atom is -0.459 e. The van der Waals surface area contributed by atoms with Crippen molar-refractivity contribution in [3.63, 3.8) is 0 Å². The molecule has 0 amide bonds. The van der Waals surface area contributed by atoms with Crippen LogP contribution in [-0.2, 0) is 9.47 Å². The standard InChI is InChI=1S/C17H18N2O5/c1-11-9-19(17(22)18-15(11)20)14-8-7-13(24-14)10-23-16(21)12-5-3-2-4-6-12/h2-6,9,13-14H,7-8,10H2,1H3,(H,18,20,22)/t13-,14+/m0/s1. The van der Waals surface area contributed by atoms with Crippen molar-refractivity contribution in [1.82, 2.24) is 9.55 Å². The maximum atomic E-state index is 11.9. The fourth-order valence-electron chi connectivity index (χ4n) is 2.64. The van der Waals surface area contributed by atoms with Gasteiger partial charge in [-0.3, -0.25) is 14.3 Å². The first kappa shape index (κ1) is 16.2. The van der Waals surface area contributed by atoms with Gasteiger partial charge in [0.15, 0.2) is 0 Å². The Morgan fingerprint density at radius 3 is 2.79 bits per heavy atom. The fourth-order valence-corrected chi connectivity index (χ4v) is 2.64. The van der Waals surface area contributed by atoms with E-state index >= 15 is 0 Å². The van der Waals surface area contributed by atoms with Crippen LogP contribution in [-0.4, -0.2) is 28.2 Å². The number of aryl methyl sites for hydroxylation is 1. The summed E-state index contributed by atoms with van der Waals surface area (Å²) in [4.78, 5) is 37.5. The smallest absolute Gasteiger partial charge is 0.338 e. The summed E-state index contributed by atoms with van der Waals surface area (Å²) in [7, 11) is 0.